The predicted octanol–water partition coefficient (Wildman–Crippen LogP) is 2.53. The first kappa shape index (κ1) is 22.2. The van der Waals surface area contributed by atoms with Crippen LogP contribution in [0.25, 0.3) is 0 Å². The van der Waals surface area contributed by atoms with Crippen LogP contribution in [0, 0.1) is 5.92 Å². The van der Waals surface area contributed by atoms with Crippen molar-refractivity contribution in [2.75, 3.05) is 45.7 Å². The number of nitrogens with zero attached hydrogens (tertiary/aromatic N) is 2. The van der Waals surface area contributed by atoms with Gasteiger partial charge in [0, 0.05) is 44.4 Å². The maximum Gasteiger partial charge on any atom is 0.317 e. The fourth-order valence-electron chi connectivity index (χ4n) is 2.91. The van der Waals surface area contributed by atoms with E-state index in [2.05, 4.69) is 15.5 Å². The topological polar surface area (TPSA) is 73.9 Å². The van der Waals surface area contributed by atoms with Crippen LogP contribution in [-0.2, 0) is 16.1 Å². The molecule has 1 aromatic rings. The lowest BCUT2D eigenvalue weighted by molar-refractivity contribution is -0.118. The van der Waals surface area contributed by atoms with Gasteiger partial charge in [0.25, 0.3) is 0 Å². The van der Waals surface area contributed by atoms with Crippen molar-refractivity contribution in [3.05, 3.63) is 29.8 Å². The number of benzene rings is 1. The molecular weight excluding hydrogens is 356 g/mol. The smallest absolute Gasteiger partial charge is 0.317 e. The van der Waals surface area contributed by atoms with Gasteiger partial charge in [-0.15, -0.1) is 0 Å². The normalized spacial score (nSPS) is 16.4. The summed E-state index contributed by atoms with van der Waals surface area (Å²) in [6.45, 7) is 7.05. The number of urea groups is 1. The maximum absolute atomic E-state index is 12.7. The van der Waals surface area contributed by atoms with Crippen LogP contribution in [0.5, 0.6) is 0 Å². The van der Waals surface area contributed by atoms with Crippen LogP contribution in [0.4, 0.5) is 10.5 Å². The van der Waals surface area contributed by atoms with Gasteiger partial charge < -0.3 is 25.2 Å². The predicted molar refractivity (Wildman–Crippen MR) is 111 cm³/mol. The van der Waals surface area contributed by atoms with E-state index in [1.54, 1.807) is 0 Å². The SMILES string of the molecule is CC(C)C(=O)Nc1ccc(CNC(=O)N(CCN(C)C)C[C@@H]2CCCO2)cc1. The maximum atomic E-state index is 12.7. The van der Waals surface area contributed by atoms with Crippen molar-refractivity contribution < 1.29 is 14.3 Å². The molecule has 1 fully saturated rings. The van der Waals surface area contributed by atoms with Crippen molar-refractivity contribution in [1.82, 2.24) is 15.1 Å². The molecule has 156 valence electrons. The molecule has 1 saturated heterocycles. The van der Waals surface area contributed by atoms with E-state index in [1.165, 1.54) is 0 Å². The number of anilines is 1. The molecule has 1 heterocycles. The van der Waals surface area contributed by atoms with Crippen LogP contribution in [0.3, 0.4) is 0 Å². The minimum absolute atomic E-state index is 0.00767. The minimum atomic E-state index is -0.0745. The molecule has 2 rings (SSSR count). The van der Waals surface area contributed by atoms with E-state index in [-0.39, 0.29) is 24.0 Å². The molecule has 0 saturated carbocycles. The molecule has 0 unspecified atom stereocenters. The average Bonchev–Trinajstić information content (AvgIpc) is 3.17. The zero-order valence-corrected chi connectivity index (χ0v) is 17.5. The quantitative estimate of drug-likeness (QED) is 0.680. The summed E-state index contributed by atoms with van der Waals surface area (Å²) in [5, 5.41) is 5.87. The summed E-state index contributed by atoms with van der Waals surface area (Å²) in [6.07, 6.45) is 2.21. The second-order valence-electron chi connectivity index (χ2n) is 7.88. The van der Waals surface area contributed by atoms with Crippen LogP contribution in [0.1, 0.15) is 32.3 Å². The number of carbonyl (C=O) groups excluding carboxylic acids is 2. The van der Waals surface area contributed by atoms with E-state index in [0.717, 1.165) is 37.2 Å². The third kappa shape index (κ3) is 7.48. The molecule has 7 heteroatoms. The van der Waals surface area contributed by atoms with Crippen molar-refractivity contribution in [2.45, 2.75) is 39.3 Å². The van der Waals surface area contributed by atoms with E-state index in [4.69, 9.17) is 4.74 Å². The Balaban J connectivity index is 1.86. The molecule has 0 bridgehead atoms. The molecule has 1 aliphatic heterocycles. The number of nitrogens with one attached hydrogen (secondary N) is 2. The van der Waals surface area contributed by atoms with Crippen molar-refractivity contribution in [3.63, 3.8) is 0 Å². The number of ether oxygens (including phenoxy) is 1. The van der Waals surface area contributed by atoms with Crippen LogP contribution in [0.2, 0.25) is 0 Å². The Morgan fingerprint density at radius 3 is 2.46 bits per heavy atom. The molecule has 1 atom stereocenters. The van der Waals surface area contributed by atoms with E-state index < -0.39 is 0 Å². The molecule has 0 spiro atoms. The monoisotopic (exact) mass is 390 g/mol. The number of hydrogen-bond acceptors (Lipinski definition) is 4. The molecule has 7 nitrogen and oxygen atoms in total. The van der Waals surface area contributed by atoms with Gasteiger partial charge in [0.1, 0.15) is 0 Å². The number of hydrogen-bond donors (Lipinski definition) is 2. The fraction of sp³-hybridized carbons (Fsp3) is 0.619. The van der Waals surface area contributed by atoms with Gasteiger partial charge in [0.15, 0.2) is 0 Å². The summed E-state index contributed by atoms with van der Waals surface area (Å²) >= 11 is 0. The zero-order chi connectivity index (χ0) is 20.5. The lowest BCUT2D eigenvalue weighted by atomic mass is 10.1. The summed E-state index contributed by atoms with van der Waals surface area (Å²) in [4.78, 5) is 28.3. The third-order valence-corrected chi connectivity index (χ3v) is 4.74. The summed E-state index contributed by atoms with van der Waals surface area (Å²) in [7, 11) is 4.00. The van der Waals surface area contributed by atoms with Crippen LogP contribution < -0.4 is 10.6 Å². The Morgan fingerprint density at radius 2 is 1.89 bits per heavy atom. The summed E-state index contributed by atoms with van der Waals surface area (Å²) in [5.41, 5.74) is 1.75. The molecular formula is C21H34N4O3. The summed E-state index contributed by atoms with van der Waals surface area (Å²) in [5.74, 6) is -0.0670. The number of carbonyl (C=O) groups is 2. The van der Waals surface area contributed by atoms with Crippen LogP contribution in [0.15, 0.2) is 24.3 Å². The molecule has 0 radical (unpaired) electrons. The third-order valence-electron chi connectivity index (χ3n) is 4.74. The van der Waals surface area contributed by atoms with Crippen molar-refractivity contribution >= 4 is 17.6 Å². The Morgan fingerprint density at radius 1 is 1.18 bits per heavy atom. The highest BCUT2D eigenvalue weighted by Crippen LogP contribution is 2.14. The molecule has 2 N–H and O–H groups in total. The molecule has 1 aromatic carbocycles. The first-order chi connectivity index (χ1) is 13.3. The molecule has 0 aromatic heterocycles. The Bertz CT molecular complexity index is 625. The number of amides is 3. The molecule has 0 aliphatic carbocycles. The largest absolute Gasteiger partial charge is 0.376 e. The lowest BCUT2D eigenvalue weighted by Crippen LogP contribution is -2.46. The first-order valence-electron chi connectivity index (χ1n) is 10.0. The molecule has 28 heavy (non-hydrogen) atoms. The van der Waals surface area contributed by atoms with E-state index >= 15 is 0 Å². The molecule has 3 amide bonds. The van der Waals surface area contributed by atoms with Crippen LogP contribution in [-0.4, -0.2) is 68.2 Å². The van der Waals surface area contributed by atoms with Gasteiger partial charge in [-0.3, -0.25) is 4.79 Å². The lowest BCUT2D eigenvalue weighted by Gasteiger charge is -2.27. The standard InChI is InChI=1S/C21H34N4O3/c1-16(2)20(26)23-18-9-7-17(8-10-18)14-22-21(27)25(12-11-24(3)4)15-19-6-5-13-28-19/h7-10,16,19H,5-6,11-15H2,1-4H3,(H,22,27)(H,23,26)/t19-/m0/s1. The summed E-state index contributed by atoms with van der Waals surface area (Å²) in [6, 6.07) is 7.48. The minimum Gasteiger partial charge on any atom is -0.376 e. The second kappa shape index (κ2) is 11.0. The Kier molecular flexibility index (Phi) is 8.73. The van der Waals surface area contributed by atoms with Crippen molar-refractivity contribution in [1.29, 1.82) is 0 Å². The summed E-state index contributed by atoms with van der Waals surface area (Å²) < 4.78 is 5.69. The zero-order valence-electron chi connectivity index (χ0n) is 17.5. The first-order valence-corrected chi connectivity index (χ1v) is 10.0. The van der Waals surface area contributed by atoms with Crippen molar-refractivity contribution in [2.24, 2.45) is 5.92 Å². The second-order valence-corrected chi connectivity index (χ2v) is 7.88. The van der Waals surface area contributed by atoms with Gasteiger partial charge in [0.05, 0.1) is 6.10 Å². The molecule has 1 aliphatic rings. The highest BCUT2D eigenvalue weighted by atomic mass is 16.5. The number of likely N-dealkylation sites (N-methyl/N-ethyl adjacent to an activating group) is 1. The van der Waals surface area contributed by atoms with Gasteiger partial charge in [-0.05, 0) is 44.6 Å². The van der Waals surface area contributed by atoms with Crippen LogP contribution >= 0.6 is 0 Å². The van der Waals surface area contributed by atoms with Gasteiger partial charge in [-0.2, -0.15) is 0 Å². The van der Waals surface area contributed by atoms with E-state index in [9.17, 15) is 9.59 Å². The Hall–Kier alpha value is -2.12. The van der Waals surface area contributed by atoms with Crippen molar-refractivity contribution in [3.8, 4) is 0 Å². The van der Waals surface area contributed by atoms with Gasteiger partial charge in [0.2, 0.25) is 5.91 Å². The Labute approximate surface area is 168 Å². The average molecular weight is 391 g/mol. The van der Waals surface area contributed by atoms with E-state index in [0.29, 0.717) is 19.6 Å². The highest BCUT2D eigenvalue weighted by molar-refractivity contribution is 5.92. The van der Waals surface area contributed by atoms with Gasteiger partial charge in [-0.25, -0.2) is 4.79 Å². The van der Waals surface area contributed by atoms with E-state index in [1.807, 2.05) is 57.1 Å². The van der Waals surface area contributed by atoms with Gasteiger partial charge >= 0.3 is 6.03 Å². The fourth-order valence-corrected chi connectivity index (χ4v) is 2.91. The number of rotatable bonds is 9. The van der Waals surface area contributed by atoms with Gasteiger partial charge in [-0.1, -0.05) is 26.0 Å². The highest BCUT2D eigenvalue weighted by Gasteiger charge is 2.22.